The number of aliphatic hydroxyl groups excluding tert-OH is 1. The molecule has 220 valence electrons. The standard InChI is InChI=1S/C31H45FN4O4/c32-26-3-1-4-28(23-26)35-12-2-5-29-30(35)9-15-36(29)31-24-27(6-11-33-31)34-13-7-25(8-14-34)10-17-38-19-21-40-22-20-39-18-16-37/h1,3-4,6,11,23-25,29-30,37H,2,5,7-10,12-22H2/t29-,30-/m1/s1. The van der Waals surface area contributed by atoms with Gasteiger partial charge in [0, 0.05) is 56.4 Å². The lowest BCUT2D eigenvalue weighted by Crippen LogP contribution is -2.50. The quantitative estimate of drug-likeness (QED) is 0.349. The van der Waals surface area contributed by atoms with Crippen LogP contribution in [0, 0.1) is 11.7 Å². The van der Waals surface area contributed by atoms with Gasteiger partial charge in [-0.15, -0.1) is 0 Å². The van der Waals surface area contributed by atoms with E-state index in [1.807, 2.05) is 18.3 Å². The fourth-order valence-electron chi connectivity index (χ4n) is 6.54. The van der Waals surface area contributed by atoms with E-state index in [0.29, 0.717) is 51.0 Å². The zero-order chi connectivity index (χ0) is 27.6. The van der Waals surface area contributed by atoms with Gasteiger partial charge in [0.15, 0.2) is 0 Å². The van der Waals surface area contributed by atoms with E-state index in [9.17, 15) is 4.39 Å². The van der Waals surface area contributed by atoms with Gasteiger partial charge in [-0.3, -0.25) is 0 Å². The average molecular weight is 557 g/mol. The largest absolute Gasteiger partial charge is 0.394 e. The van der Waals surface area contributed by atoms with Crippen molar-refractivity contribution in [1.29, 1.82) is 0 Å². The van der Waals surface area contributed by atoms with Gasteiger partial charge in [0.05, 0.1) is 51.7 Å². The Hall–Kier alpha value is -2.46. The van der Waals surface area contributed by atoms with E-state index in [-0.39, 0.29) is 12.4 Å². The molecule has 1 N–H and O–H groups in total. The molecule has 2 atom stereocenters. The topological polar surface area (TPSA) is 70.5 Å². The third kappa shape index (κ3) is 7.63. The van der Waals surface area contributed by atoms with E-state index >= 15 is 0 Å². The van der Waals surface area contributed by atoms with Crippen molar-refractivity contribution in [1.82, 2.24) is 4.98 Å². The van der Waals surface area contributed by atoms with Crippen LogP contribution in [0.5, 0.6) is 0 Å². The Morgan fingerprint density at radius 1 is 0.775 bits per heavy atom. The predicted octanol–water partition coefficient (Wildman–Crippen LogP) is 4.12. The number of benzene rings is 1. The minimum atomic E-state index is -0.164. The molecular formula is C31H45FN4O4. The Kier molecular flexibility index (Phi) is 10.9. The number of hydrogen-bond acceptors (Lipinski definition) is 8. The third-order valence-corrected chi connectivity index (χ3v) is 8.60. The van der Waals surface area contributed by atoms with E-state index < -0.39 is 0 Å². The van der Waals surface area contributed by atoms with Gasteiger partial charge < -0.3 is 34.0 Å². The fourth-order valence-corrected chi connectivity index (χ4v) is 6.54. The van der Waals surface area contributed by atoms with Crippen LogP contribution in [-0.4, -0.2) is 94.6 Å². The summed E-state index contributed by atoms with van der Waals surface area (Å²) in [5.74, 6) is 1.60. The summed E-state index contributed by atoms with van der Waals surface area (Å²) in [6.07, 6.45) is 8.75. The number of aromatic nitrogens is 1. The molecule has 3 aliphatic heterocycles. The van der Waals surface area contributed by atoms with Crippen molar-refractivity contribution >= 4 is 17.2 Å². The number of halogens is 1. The van der Waals surface area contributed by atoms with E-state index in [2.05, 4.69) is 26.8 Å². The summed E-state index contributed by atoms with van der Waals surface area (Å²) < 4.78 is 30.4. The van der Waals surface area contributed by atoms with Crippen molar-refractivity contribution in [3.8, 4) is 0 Å². The van der Waals surface area contributed by atoms with Gasteiger partial charge in [0.1, 0.15) is 11.6 Å². The van der Waals surface area contributed by atoms with E-state index in [4.69, 9.17) is 24.3 Å². The van der Waals surface area contributed by atoms with Gasteiger partial charge in [-0.1, -0.05) is 6.07 Å². The minimum absolute atomic E-state index is 0.0460. The highest BCUT2D eigenvalue weighted by Gasteiger charge is 2.41. The number of ether oxygens (including phenoxy) is 3. The van der Waals surface area contributed by atoms with E-state index in [0.717, 1.165) is 70.0 Å². The van der Waals surface area contributed by atoms with Crippen LogP contribution in [0.4, 0.5) is 21.6 Å². The van der Waals surface area contributed by atoms with Crippen LogP contribution in [-0.2, 0) is 14.2 Å². The second-order valence-electron chi connectivity index (χ2n) is 11.1. The molecular weight excluding hydrogens is 511 g/mol. The Bertz CT molecular complexity index is 1040. The van der Waals surface area contributed by atoms with Crippen molar-refractivity contribution in [2.24, 2.45) is 5.92 Å². The molecule has 0 aliphatic carbocycles. The van der Waals surface area contributed by atoms with Gasteiger partial charge in [-0.25, -0.2) is 9.37 Å². The van der Waals surface area contributed by atoms with Crippen LogP contribution in [0.1, 0.15) is 38.5 Å². The molecule has 0 unspecified atom stereocenters. The molecule has 0 radical (unpaired) electrons. The van der Waals surface area contributed by atoms with Crippen LogP contribution < -0.4 is 14.7 Å². The SMILES string of the molecule is OCCOCCOCCOCCC1CCN(c2ccnc(N3CC[C@@H]4[C@H]3CCCN4c3cccc(F)c3)c2)CC1. The molecule has 9 heteroatoms. The highest BCUT2D eigenvalue weighted by Crippen LogP contribution is 2.37. The summed E-state index contributed by atoms with van der Waals surface area (Å²) in [5.41, 5.74) is 2.27. The maximum atomic E-state index is 13.9. The lowest BCUT2D eigenvalue weighted by molar-refractivity contribution is 0.00557. The first-order valence-electron chi connectivity index (χ1n) is 15.1. The smallest absolute Gasteiger partial charge is 0.130 e. The third-order valence-electron chi connectivity index (χ3n) is 8.60. The van der Waals surface area contributed by atoms with Crippen molar-refractivity contribution in [3.05, 3.63) is 48.4 Å². The number of rotatable bonds is 14. The summed E-state index contributed by atoms with van der Waals surface area (Å²) >= 11 is 0. The fraction of sp³-hybridized carbons (Fsp3) is 0.645. The maximum absolute atomic E-state index is 13.9. The van der Waals surface area contributed by atoms with Gasteiger partial charge in [-0.05, 0) is 68.7 Å². The molecule has 0 amide bonds. The van der Waals surface area contributed by atoms with Gasteiger partial charge in [-0.2, -0.15) is 0 Å². The Morgan fingerprint density at radius 2 is 1.52 bits per heavy atom. The van der Waals surface area contributed by atoms with Gasteiger partial charge >= 0.3 is 0 Å². The zero-order valence-corrected chi connectivity index (χ0v) is 23.6. The van der Waals surface area contributed by atoms with E-state index in [1.165, 1.54) is 24.6 Å². The molecule has 2 aromatic rings. The second-order valence-corrected chi connectivity index (χ2v) is 11.1. The van der Waals surface area contributed by atoms with Crippen molar-refractivity contribution in [3.63, 3.8) is 0 Å². The summed E-state index contributed by atoms with van der Waals surface area (Å²) in [6, 6.07) is 12.3. The predicted molar refractivity (Wildman–Crippen MR) is 156 cm³/mol. The van der Waals surface area contributed by atoms with Crippen LogP contribution in [0.2, 0.25) is 0 Å². The van der Waals surface area contributed by atoms with E-state index in [1.54, 1.807) is 6.07 Å². The summed E-state index contributed by atoms with van der Waals surface area (Å²) in [6.45, 7) is 7.50. The number of piperidine rings is 2. The average Bonchev–Trinajstić information content (AvgIpc) is 3.43. The molecule has 4 heterocycles. The molecule has 0 spiro atoms. The monoisotopic (exact) mass is 556 g/mol. The zero-order valence-electron chi connectivity index (χ0n) is 23.6. The summed E-state index contributed by atoms with van der Waals surface area (Å²) in [4.78, 5) is 12.2. The summed E-state index contributed by atoms with van der Waals surface area (Å²) in [7, 11) is 0. The number of fused-ring (bicyclic) bond motifs is 1. The Balaban J connectivity index is 1.06. The minimum Gasteiger partial charge on any atom is -0.394 e. The lowest BCUT2D eigenvalue weighted by Gasteiger charge is -2.41. The number of anilines is 3. The van der Waals surface area contributed by atoms with Gasteiger partial charge in [0.25, 0.3) is 0 Å². The molecule has 3 aliphatic rings. The molecule has 0 saturated carbocycles. The van der Waals surface area contributed by atoms with Crippen LogP contribution in [0.15, 0.2) is 42.6 Å². The Labute approximate surface area is 238 Å². The molecule has 1 aromatic carbocycles. The lowest BCUT2D eigenvalue weighted by atomic mass is 9.93. The molecule has 3 saturated heterocycles. The molecule has 40 heavy (non-hydrogen) atoms. The van der Waals surface area contributed by atoms with Crippen molar-refractivity contribution in [2.75, 3.05) is 87.1 Å². The molecule has 5 rings (SSSR count). The van der Waals surface area contributed by atoms with Crippen LogP contribution in [0.25, 0.3) is 0 Å². The first kappa shape index (κ1) is 29.0. The number of nitrogens with zero attached hydrogens (tertiary/aromatic N) is 4. The van der Waals surface area contributed by atoms with Crippen molar-refractivity contribution in [2.45, 2.75) is 50.6 Å². The number of aliphatic hydroxyl groups is 1. The first-order chi connectivity index (χ1) is 19.7. The van der Waals surface area contributed by atoms with Gasteiger partial charge in [0.2, 0.25) is 0 Å². The highest BCUT2D eigenvalue weighted by atomic mass is 19.1. The normalized spacial score (nSPS) is 21.7. The molecule has 1 aromatic heterocycles. The highest BCUT2D eigenvalue weighted by molar-refractivity contribution is 5.58. The Morgan fingerprint density at radius 3 is 2.30 bits per heavy atom. The van der Waals surface area contributed by atoms with Crippen molar-refractivity contribution < 1.29 is 23.7 Å². The number of hydrogen-bond donors (Lipinski definition) is 1. The first-order valence-corrected chi connectivity index (χ1v) is 15.1. The molecule has 3 fully saturated rings. The van der Waals surface area contributed by atoms with Crippen LogP contribution >= 0.6 is 0 Å². The summed E-state index contributed by atoms with van der Waals surface area (Å²) in [5, 5.41) is 8.67. The molecule has 0 bridgehead atoms. The maximum Gasteiger partial charge on any atom is 0.130 e. The molecule has 8 nitrogen and oxygen atoms in total. The second kappa shape index (κ2) is 15.0. The number of pyridine rings is 1. The van der Waals surface area contributed by atoms with Crippen LogP contribution in [0.3, 0.4) is 0 Å².